The van der Waals surface area contributed by atoms with Gasteiger partial charge in [0.1, 0.15) is 5.82 Å². The first-order chi connectivity index (χ1) is 12.2. The second kappa shape index (κ2) is 7.24. The van der Waals surface area contributed by atoms with Gasteiger partial charge < -0.3 is 14.4 Å². The molecule has 5 nitrogen and oxygen atoms in total. The fraction of sp³-hybridized carbons (Fsp3) is 0.600. The lowest BCUT2D eigenvalue weighted by Gasteiger charge is -2.27. The zero-order valence-electron chi connectivity index (χ0n) is 16.0. The number of hydrogen-bond donors (Lipinski definition) is 1. The third-order valence-electron chi connectivity index (χ3n) is 4.96. The number of aromatic nitrogens is 2. The summed E-state index contributed by atoms with van der Waals surface area (Å²) < 4.78 is 6.90. The summed E-state index contributed by atoms with van der Waals surface area (Å²) in [6.07, 6.45) is 3.87. The highest BCUT2D eigenvalue weighted by Crippen LogP contribution is 2.35. The Morgan fingerprint density at radius 2 is 2.04 bits per heavy atom. The highest BCUT2D eigenvalue weighted by atomic mass is 32.2. The lowest BCUT2D eigenvalue weighted by Crippen LogP contribution is -2.33. The number of fused-ring (bicyclic) bond motifs is 1. The van der Waals surface area contributed by atoms with Crippen molar-refractivity contribution in [1.29, 1.82) is 0 Å². The van der Waals surface area contributed by atoms with Crippen molar-refractivity contribution in [3.05, 3.63) is 24.0 Å². The smallest absolute Gasteiger partial charge is 0.315 e. The Hall–Kier alpha value is -1.53. The number of ether oxygens (including phenoxy) is 1. The number of methoxy groups -OCH3 is 1. The first-order valence-corrected chi connectivity index (χ1v) is 10.1. The number of hydrogen-bond acceptors (Lipinski definition) is 5. The molecule has 0 spiro atoms. The van der Waals surface area contributed by atoms with Crippen LogP contribution >= 0.6 is 11.8 Å². The van der Waals surface area contributed by atoms with Gasteiger partial charge in [-0.15, -0.1) is 11.8 Å². The average Bonchev–Trinajstić information content (AvgIpc) is 3.16. The third kappa shape index (κ3) is 4.07. The molecule has 0 amide bonds. The molecule has 142 valence electrons. The molecule has 6 heteroatoms. The van der Waals surface area contributed by atoms with Gasteiger partial charge in [0.05, 0.1) is 36.0 Å². The molecule has 2 aromatic rings. The number of carbonyl (C=O) groups excluding carboxylic acids is 1. The number of aliphatic hydroxyl groups is 1. The molecule has 1 N–H and O–H groups in total. The third-order valence-corrected chi connectivity index (χ3v) is 5.93. The van der Waals surface area contributed by atoms with Crippen LogP contribution in [0.15, 0.2) is 23.1 Å². The summed E-state index contributed by atoms with van der Waals surface area (Å²) >= 11 is 1.45. The van der Waals surface area contributed by atoms with Crippen LogP contribution in [0.3, 0.4) is 0 Å². The molecule has 0 radical (unpaired) electrons. The summed E-state index contributed by atoms with van der Waals surface area (Å²) in [7, 11) is 1.40. The van der Waals surface area contributed by atoms with Gasteiger partial charge in [-0.05, 0) is 31.0 Å². The maximum atomic E-state index is 11.4. The molecule has 1 heterocycles. The number of esters is 1. The molecule has 26 heavy (non-hydrogen) atoms. The molecule has 1 aromatic carbocycles. The van der Waals surface area contributed by atoms with E-state index in [1.165, 1.54) is 18.9 Å². The van der Waals surface area contributed by atoms with Gasteiger partial charge in [0, 0.05) is 10.3 Å². The van der Waals surface area contributed by atoms with E-state index in [-0.39, 0.29) is 17.1 Å². The zero-order chi connectivity index (χ0) is 18.9. The minimum absolute atomic E-state index is 0.118. The first kappa shape index (κ1) is 19.2. The summed E-state index contributed by atoms with van der Waals surface area (Å²) in [5, 5.41) is 10.9. The Kier molecular flexibility index (Phi) is 5.35. The van der Waals surface area contributed by atoms with Crippen molar-refractivity contribution in [1.82, 2.24) is 9.55 Å². The molecule has 1 aromatic heterocycles. The molecule has 0 aliphatic heterocycles. The van der Waals surface area contributed by atoms with E-state index in [2.05, 4.69) is 31.4 Å². The van der Waals surface area contributed by atoms with Crippen LogP contribution in [0.25, 0.3) is 11.0 Å². The number of thioether (sulfide) groups is 1. The predicted molar refractivity (Wildman–Crippen MR) is 105 cm³/mol. The molecular weight excluding hydrogens is 348 g/mol. The molecule has 1 aliphatic carbocycles. The highest BCUT2D eigenvalue weighted by Gasteiger charge is 2.34. The highest BCUT2D eigenvalue weighted by molar-refractivity contribution is 8.00. The molecular formula is C20H28N2O3S. The molecule has 1 aliphatic rings. The SMILES string of the molecule is COC(=O)CSc1ccc2c(c1)nc(C(C)(C)C)n2CC1(O)CCCC1. The summed E-state index contributed by atoms with van der Waals surface area (Å²) in [6.45, 7) is 7.04. The maximum absolute atomic E-state index is 11.4. The van der Waals surface area contributed by atoms with Gasteiger partial charge in [0.15, 0.2) is 0 Å². The van der Waals surface area contributed by atoms with E-state index >= 15 is 0 Å². The second-order valence-electron chi connectivity index (χ2n) is 8.22. The van der Waals surface area contributed by atoms with Crippen LogP contribution in [0.1, 0.15) is 52.3 Å². The fourth-order valence-corrected chi connectivity index (χ4v) is 4.38. The van der Waals surface area contributed by atoms with Crippen molar-refractivity contribution >= 4 is 28.8 Å². The van der Waals surface area contributed by atoms with Crippen molar-refractivity contribution in [2.45, 2.75) is 68.9 Å². The molecule has 3 rings (SSSR count). The molecule has 0 unspecified atom stereocenters. The summed E-state index contributed by atoms with van der Waals surface area (Å²) in [5.41, 5.74) is 1.20. The van der Waals surface area contributed by atoms with E-state index in [0.717, 1.165) is 47.4 Å². The minimum atomic E-state index is -0.633. The van der Waals surface area contributed by atoms with Crippen LogP contribution in [-0.4, -0.2) is 39.1 Å². The van der Waals surface area contributed by atoms with Gasteiger partial charge in [0.25, 0.3) is 0 Å². The quantitative estimate of drug-likeness (QED) is 0.633. The Morgan fingerprint density at radius 1 is 1.35 bits per heavy atom. The van der Waals surface area contributed by atoms with Gasteiger partial charge in [0.2, 0.25) is 0 Å². The fourth-order valence-electron chi connectivity index (χ4n) is 3.62. The monoisotopic (exact) mass is 376 g/mol. The molecule has 1 fully saturated rings. The van der Waals surface area contributed by atoms with E-state index in [9.17, 15) is 9.90 Å². The van der Waals surface area contributed by atoms with Gasteiger partial charge in [-0.2, -0.15) is 0 Å². The van der Waals surface area contributed by atoms with E-state index in [0.29, 0.717) is 6.54 Å². The lowest BCUT2D eigenvalue weighted by atomic mass is 9.94. The van der Waals surface area contributed by atoms with Crippen molar-refractivity contribution in [2.75, 3.05) is 12.9 Å². The Bertz CT molecular complexity index is 801. The van der Waals surface area contributed by atoms with E-state index < -0.39 is 5.60 Å². The molecule has 0 atom stereocenters. The molecule has 0 bridgehead atoms. The predicted octanol–water partition coefficient (Wildman–Crippen LogP) is 3.90. The summed E-state index contributed by atoms with van der Waals surface area (Å²) in [6, 6.07) is 6.09. The standard InChI is InChI=1S/C20H28N2O3S/c1-19(2,3)18-21-15-11-14(26-12-17(23)25-4)7-8-16(15)22(18)13-20(24)9-5-6-10-20/h7-8,11,24H,5-6,9-10,12-13H2,1-4H3. The lowest BCUT2D eigenvalue weighted by molar-refractivity contribution is -0.137. The number of imidazole rings is 1. The van der Waals surface area contributed by atoms with E-state index in [4.69, 9.17) is 9.72 Å². The van der Waals surface area contributed by atoms with Gasteiger partial charge in [-0.25, -0.2) is 4.98 Å². The molecule has 1 saturated carbocycles. The van der Waals surface area contributed by atoms with E-state index in [1.54, 1.807) is 0 Å². The van der Waals surface area contributed by atoms with Crippen LogP contribution in [0, 0.1) is 0 Å². The normalized spacial score (nSPS) is 17.0. The number of carbonyl (C=O) groups is 1. The van der Waals surface area contributed by atoms with Crippen LogP contribution in [0.5, 0.6) is 0 Å². The molecule has 0 saturated heterocycles. The number of nitrogens with zero attached hydrogens (tertiary/aromatic N) is 2. The Labute approximate surface area is 159 Å². The Morgan fingerprint density at radius 3 is 2.65 bits per heavy atom. The number of benzene rings is 1. The van der Waals surface area contributed by atoms with Crippen LogP contribution in [0.4, 0.5) is 0 Å². The van der Waals surface area contributed by atoms with Crippen molar-refractivity contribution in [3.8, 4) is 0 Å². The summed E-state index contributed by atoms with van der Waals surface area (Å²) in [4.78, 5) is 17.3. The van der Waals surface area contributed by atoms with E-state index in [1.807, 2.05) is 12.1 Å². The van der Waals surface area contributed by atoms with Crippen molar-refractivity contribution in [3.63, 3.8) is 0 Å². The average molecular weight is 377 g/mol. The van der Waals surface area contributed by atoms with Crippen molar-refractivity contribution in [2.24, 2.45) is 0 Å². The number of rotatable bonds is 5. The minimum Gasteiger partial charge on any atom is -0.468 e. The van der Waals surface area contributed by atoms with Crippen LogP contribution in [-0.2, 0) is 21.5 Å². The maximum Gasteiger partial charge on any atom is 0.315 e. The van der Waals surface area contributed by atoms with Crippen LogP contribution < -0.4 is 0 Å². The zero-order valence-corrected chi connectivity index (χ0v) is 16.9. The first-order valence-electron chi connectivity index (χ1n) is 9.15. The Balaban J connectivity index is 1.97. The second-order valence-corrected chi connectivity index (χ2v) is 9.27. The summed E-state index contributed by atoms with van der Waals surface area (Å²) in [5.74, 6) is 1.04. The topological polar surface area (TPSA) is 64.3 Å². The van der Waals surface area contributed by atoms with Crippen molar-refractivity contribution < 1.29 is 14.6 Å². The van der Waals surface area contributed by atoms with Gasteiger partial charge in [-0.3, -0.25) is 4.79 Å². The van der Waals surface area contributed by atoms with Gasteiger partial charge >= 0.3 is 5.97 Å². The van der Waals surface area contributed by atoms with Crippen LogP contribution in [0.2, 0.25) is 0 Å². The van der Waals surface area contributed by atoms with Gasteiger partial charge in [-0.1, -0.05) is 33.6 Å². The largest absolute Gasteiger partial charge is 0.468 e.